The fourth-order valence-electron chi connectivity index (χ4n) is 2.63. The van der Waals surface area contributed by atoms with Crippen molar-refractivity contribution in [3.8, 4) is 5.75 Å². The molecule has 0 saturated heterocycles. The van der Waals surface area contributed by atoms with Gasteiger partial charge in [-0.2, -0.15) is 0 Å². The highest BCUT2D eigenvalue weighted by atomic mass is 16.5. The first-order valence-electron chi connectivity index (χ1n) is 8.30. The summed E-state index contributed by atoms with van der Waals surface area (Å²) < 4.78 is 5.91. The first kappa shape index (κ1) is 18.5. The van der Waals surface area contributed by atoms with E-state index >= 15 is 0 Å². The van der Waals surface area contributed by atoms with Crippen LogP contribution in [0.1, 0.15) is 52.2 Å². The quantitative estimate of drug-likeness (QED) is 0.817. The minimum atomic E-state index is -0.442. The Morgan fingerprint density at radius 1 is 1.09 bits per heavy atom. The normalized spacial score (nSPS) is 12.8. The van der Waals surface area contributed by atoms with Crippen LogP contribution in [0.4, 0.5) is 0 Å². The Labute approximate surface area is 135 Å². The van der Waals surface area contributed by atoms with Crippen LogP contribution in [0.3, 0.4) is 0 Å². The summed E-state index contributed by atoms with van der Waals surface area (Å²) in [7, 11) is 0. The zero-order valence-electron chi connectivity index (χ0n) is 15.1. The van der Waals surface area contributed by atoms with Crippen molar-refractivity contribution in [3.05, 3.63) is 29.3 Å². The van der Waals surface area contributed by atoms with Crippen molar-refractivity contribution in [1.82, 2.24) is 5.32 Å². The third-order valence-corrected chi connectivity index (χ3v) is 4.17. The summed E-state index contributed by atoms with van der Waals surface area (Å²) in [4.78, 5) is 12.5. The van der Waals surface area contributed by atoms with Gasteiger partial charge >= 0.3 is 0 Å². The molecule has 0 heterocycles. The SMILES string of the molecule is CCC(Oc1ccc(C)c(C)c1)C(=O)NC(C(C)C)C(C)C. The molecular formula is C19H31NO2. The molecule has 1 N–H and O–H groups in total. The molecule has 0 aliphatic rings. The summed E-state index contributed by atoms with van der Waals surface area (Å²) in [6.07, 6.45) is 0.212. The third kappa shape index (κ3) is 5.04. The number of amides is 1. The van der Waals surface area contributed by atoms with Gasteiger partial charge in [0.15, 0.2) is 6.10 Å². The number of carbonyl (C=O) groups excluding carboxylic acids is 1. The van der Waals surface area contributed by atoms with Gasteiger partial charge < -0.3 is 10.1 Å². The number of hydrogen-bond acceptors (Lipinski definition) is 2. The highest BCUT2D eigenvalue weighted by Gasteiger charge is 2.25. The molecule has 0 saturated carbocycles. The van der Waals surface area contributed by atoms with Crippen LogP contribution in [0.2, 0.25) is 0 Å². The molecule has 0 aliphatic carbocycles. The molecule has 124 valence electrons. The number of rotatable bonds is 7. The van der Waals surface area contributed by atoms with Gasteiger partial charge in [0, 0.05) is 6.04 Å². The van der Waals surface area contributed by atoms with E-state index in [4.69, 9.17) is 4.74 Å². The van der Waals surface area contributed by atoms with Crippen molar-refractivity contribution < 1.29 is 9.53 Å². The zero-order valence-corrected chi connectivity index (χ0v) is 15.1. The molecule has 1 rings (SSSR count). The van der Waals surface area contributed by atoms with Gasteiger partial charge in [-0.05, 0) is 55.4 Å². The zero-order chi connectivity index (χ0) is 16.9. The summed E-state index contributed by atoms with van der Waals surface area (Å²) in [6.45, 7) is 14.6. The Hall–Kier alpha value is -1.51. The maximum atomic E-state index is 12.5. The topological polar surface area (TPSA) is 38.3 Å². The minimum absolute atomic E-state index is 0.0203. The second-order valence-corrected chi connectivity index (χ2v) is 6.78. The number of aryl methyl sites for hydroxylation is 2. The molecule has 1 aromatic carbocycles. The lowest BCUT2D eigenvalue weighted by atomic mass is 9.93. The Morgan fingerprint density at radius 2 is 1.68 bits per heavy atom. The van der Waals surface area contributed by atoms with E-state index in [1.54, 1.807) is 0 Å². The maximum absolute atomic E-state index is 12.5. The van der Waals surface area contributed by atoms with Crippen LogP contribution in [-0.4, -0.2) is 18.1 Å². The van der Waals surface area contributed by atoms with Crippen molar-refractivity contribution in [1.29, 1.82) is 0 Å². The summed E-state index contributed by atoms with van der Waals surface area (Å²) in [5.41, 5.74) is 2.40. The predicted octanol–water partition coefficient (Wildman–Crippen LogP) is 4.26. The van der Waals surface area contributed by atoms with Gasteiger partial charge in [-0.3, -0.25) is 4.79 Å². The molecule has 1 atom stereocenters. The second kappa shape index (κ2) is 8.21. The minimum Gasteiger partial charge on any atom is -0.481 e. The molecule has 1 amide bonds. The number of hydrogen-bond donors (Lipinski definition) is 1. The fourth-order valence-corrected chi connectivity index (χ4v) is 2.63. The molecule has 0 radical (unpaired) electrons. The van der Waals surface area contributed by atoms with E-state index in [0.717, 1.165) is 5.75 Å². The molecule has 0 aromatic heterocycles. The van der Waals surface area contributed by atoms with E-state index < -0.39 is 6.10 Å². The summed E-state index contributed by atoms with van der Waals surface area (Å²) in [5.74, 6) is 1.55. The molecule has 0 aliphatic heterocycles. The van der Waals surface area contributed by atoms with Gasteiger partial charge in [0.05, 0.1) is 0 Å². The average molecular weight is 305 g/mol. The van der Waals surface area contributed by atoms with Crippen molar-refractivity contribution in [2.75, 3.05) is 0 Å². The summed E-state index contributed by atoms with van der Waals surface area (Å²) >= 11 is 0. The van der Waals surface area contributed by atoms with E-state index in [1.165, 1.54) is 11.1 Å². The lowest BCUT2D eigenvalue weighted by molar-refractivity contribution is -0.129. The first-order chi connectivity index (χ1) is 10.3. The van der Waals surface area contributed by atoms with E-state index in [9.17, 15) is 4.79 Å². The Bertz CT molecular complexity index is 486. The van der Waals surface area contributed by atoms with Crippen LogP contribution >= 0.6 is 0 Å². The number of carbonyl (C=O) groups is 1. The molecule has 22 heavy (non-hydrogen) atoms. The van der Waals surface area contributed by atoms with Gasteiger partial charge in [-0.1, -0.05) is 40.7 Å². The van der Waals surface area contributed by atoms with E-state index in [-0.39, 0.29) is 11.9 Å². The van der Waals surface area contributed by atoms with Gasteiger partial charge in [0.1, 0.15) is 5.75 Å². The lowest BCUT2D eigenvalue weighted by Crippen LogP contribution is -2.48. The highest BCUT2D eigenvalue weighted by molar-refractivity contribution is 5.81. The Morgan fingerprint density at radius 3 is 2.14 bits per heavy atom. The fraction of sp³-hybridized carbons (Fsp3) is 0.632. The van der Waals surface area contributed by atoms with Crippen LogP contribution in [0.25, 0.3) is 0 Å². The molecule has 0 spiro atoms. The molecule has 1 unspecified atom stereocenters. The van der Waals surface area contributed by atoms with Crippen LogP contribution < -0.4 is 10.1 Å². The van der Waals surface area contributed by atoms with Crippen molar-refractivity contribution in [2.45, 2.75) is 67.0 Å². The third-order valence-electron chi connectivity index (χ3n) is 4.17. The molecule has 3 nitrogen and oxygen atoms in total. The van der Waals surface area contributed by atoms with Gasteiger partial charge in [-0.25, -0.2) is 0 Å². The smallest absolute Gasteiger partial charge is 0.261 e. The van der Waals surface area contributed by atoms with Gasteiger partial charge in [0.2, 0.25) is 0 Å². The first-order valence-corrected chi connectivity index (χ1v) is 8.30. The molecule has 0 bridgehead atoms. The monoisotopic (exact) mass is 305 g/mol. The average Bonchev–Trinajstić information content (AvgIpc) is 2.44. The van der Waals surface area contributed by atoms with Gasteiger partial charge in [0.25, 0.3) is 5.91 Å². The standard InChI is InChI=1S/C19H31NO2/c1-8-17(19(21)20-18(12(2)3)13(4)5)22-16-10-9-14(6)15(7)11-16/h9-13,17-18H,8H2,1-7H3,(H,20,21). The highest BCUT2D eigenvalue weighted by Crippen LogP contribution is 2.19. The summed E-state index contributed by atoms with van der Waals surface area (Å²) in [6, 6.07) is 6.12. The molecule has 1 aromatic rings. The molecule has 0 fully saturated rings. The Balaban J connectivity index is 2.77. The van der Waals surface area contributed by atoms with Crippen LogP contribution in [-0.2, 0) is 4.79 Å². The largest absolute Gasteiger partial charge is 0.481 e. The number of benzene rings is 1. The van der Waals surface area contributed by atoms with Crippen molar-refractivity contribution in [2.24, 2.45) is 11.8 Å². The summed E-state index contributed by atoms with van der Waals surface area (Å²) in [5, 5.41) is 3.15. The van der Waals surface area contributed by atoms with Crippen molar-refractivity contribution in [3.63, 3.8) is 0 Å². The van der Waals surface area contributed by atoms with Crippen LogP contribution in [0.15, 0.2) is 18.2 Å². The number of nitrogens with one attached hydrogen (secondary N) is 1. The van der Waals surface area contributed by atoms with E-state index in [1.807, 2.05) is 25.1 Å². The van der Waals surface area contributed by atoms with Crippen molar-refractivity contribution >= 4 is 5.91 Å². The second-order valence-electron chi connectivity index (χ2n) is 6.78. The Kier molecular flexibility index (Phi) is 6.92. The molecule has 3 heteroatoms. The number of ether oxygens (including phenoxy) is 1. The maximum Gasteiger partial charge on any atom is 0.261 e. The van der Waals surface area contributed by atoms with E-state index in [2.05, 4.69) is 46.9 Å². The van der Waals surface area contributed by atoms with Crippen LogP contribution in [0, 0.1) is 25.7 Å². The molecular weight excluding hydrogens is 274 g/mol. The predicted molar refractivity (Wildman–Crippen MR) is 92.2 cm³/mol. The van der Waals surface area contributed by atoms with Gasteiger partial charge in [-0.15, -0.1) is 0 Å². The van der Waals surface area contributed by atoms with Crippen LogP contribution in [0.5, 0.6) is 5.75 Å². The van der Waals surface area contributed by atoms with E-state index in [0.29, 0.717) is 18.3 Å². The lowest BCUT2D eigenvalue weighted by Gasteiger charge is -2.28.